The third kappa shape index (κ3) is 7.43. The van der Waals surface area contributed by atoms with Crippen molar-refractivity contribution in [2.24, 2.45) is 0 Å². The van der Waals surface area contributed by atoms with Crippen LogP contribution in [-0.2, 0) is 49.0 Å². The van der Waals surface area contributed by atoms with Crippen molar-refractivity contribution in [3.05, 3.63) is 0 Å². The van der Waals surface area contributed by atoms with Gasteiger partial charge in [0.1, 0.15) is 12.8 Å². The Kier molecular flexibility index (Phi) is 13.3. The molecular weight excluding hydrogens is 626 g/mol. The van der Waals surface area contributed by atoms with Crippen LogP contribution < -0.4 is 59.1 Å². The van der Waals surface area contributed by atoms with E-state index >= 15 is 0 Å². The van der Waals surface area contributed by atoms with E-state index in [1.165, 1.54) is 0 Å². The molecule has 2 fully saturated rings. The molecule has 6 unspecified atom stereocenters. The molecule has 24 heteroatoms. The second kappa shape index (κ2) is 13.3. The van der Waals surface area contributed by atoms with Gasteiger partial charge in [0.15, 0.2) is 0 Å². The van der Waals surface area contributed by atoms with Gasteiger partial charge in [0.05, 0.1) is 12.8 Å². The molecule has 6 N–H and O–H groups in total. The maximum Gasteiger partial charge on any atom is 1.00 e. The number of hydrogen-bond acceptors (Lipinski definition) is 14. The predicted molar refractivity (Wildman–Crippen MR) is 111 cm³/mol. The molecule has 0 radical (unpaired) electrons. The number of likely N-dealkylation sites (tertiary alicyclic amines) is 2. The second-order valence-corrected chi connectivity index (χ2v) is 13.4. The molecule has 0 saturated carbocycles. The summed E-state index contributed by atoms with van der Waals surface area (Å²) in [6.45, 7) is 0. The van der Waals surface area contributed by atoms with Crippen molar-refractivity contribution in [3.8, 4) is 0 Å². The van der Waals surface area contributed by atoms with E-state index in [4.69, 9.17) is 19.3 Å². The number of hydroxylamine groups is 6. The van der Waals surface area contributed by atoms with E-state index in [9.17, 15) is 56.0 Å². The van der Waals surface area contributed by atoms with E-state index in [2.05, 4.69) is 0 Å². The van der Waals surface area contributed by atoms with Crippen LogP contribution in [0, 0.1) is 0 Å². The minimum absolute atomic E-state index is 0. The first-order valence-corrected chi connectivity index (χ1v) is 14.5. The fraction of sp³-hybridized carbons (Fsp3) is 0.571. The maximum absolute atomic E-state index is 12.5. The molecule has 0 aromatic carbocycles. The van der Waals surface area contributed by atoms with Crippen molar-refractivity contribution in [2.45, 2.75) is 46.9 Å². The third-order valence-corrected chi connectivity index (χ3v) is 10.6. The Morgan fingerprint density at radius 2 is 1.00 bits per heavy atom. The molecule has 2 aliphatic rings. The minimum atomic E-state index is -5.22. The largest absolute Gasteiger partial charge is 1.00 e. The molecule has 6 atom stereocenters. The topological polar surface area (TPSA) is 292 Å². The average molecular weight is 645 g/mol. The van der Waals surface area contributed by atoms with Crippen LogP contribution in [0.3, 0.4) is 0 Å². The fourth-order valence-corrected chi connectivity index (χ4v) is 8.24. The quantitative estimate of drug-likeness (QED) is 0.0304. The Labute approximate surface area is 265 Å². The van der Waals surface area contributed by atoms with Gasteiger partial charge >= 0.3 is 94.7 Å². The van der Waals surface area contributed by atoms with Gasteiger partial charge < -0.3 is 10.2 Å². The monoisotopic (exact) mass is 644 g/mol. The third-order valence-electron chi connectivity index (χ3n) is 5.23. The van der Waals surface area contributed by atoms with Gasteiger partial charge in [-0.05, 0) is 30.9 Å². The predicted octanol–water partition coefficient (Wildman–Crippen LogP) is -8.18. The van der Waals surface area contributed by atoms with Crippen LogP contribution in [0.4, 0.5) is 0 Å². The summed E-state index contributed by atoms with van der Waals surface area (Å²) in [5, 5.41) is 30.4. The van der Waals surface area contributed by atoms with Crippen molar-refractivity contribution in [3.63, 3.8) is 0 Å². The number of carbonyl (C=O) groups is 6. The van der Waals surface area contributed by atoms with Crippen molar-refractivity contribution in [1.29, 1.82) is 0 Å². The van der Waals surface area contributed by atoms with Crippen LogP contribution in [0.2, 0.25) is 0 Å². The Morgan fingerprint density at radius 3 is 1.18 bits per heavy atom. The number of aliphatic carboxylic acids is 2. The van der Waals surface area contributed by atoms with E-state index in [1.54, 1.807) is 0 Å². The first-order chi connectivity index (χ1) is 16.2. The molecule has 0 aromatic heterocycles. The summed E-state index contributed by atoms with van der Waals surface area (Å²) in [4.78, 5) is 72.3. The summed E-state index contributed by atoms with van der Waals surface area (Å²) in [6, 6.07) is 0. The summed E-state index contributed by atoms with van der Waals surface area (Å²) in [6.07, 6.45) is -5.04. The number of carbonyl (C=O) groups excluding carboxylic acids is 4. The zero-order chi connectivity index (χ0) is 28.0. The first-order valence-electron chi connectivity index (χ1n) is 9.25. The Morgan fingerprint density at radius 1 is 0.737 bits per heavy atom. The number of amides is 4. The van der Waals surface area contributed by atoms with Crippen molar-refractivity contribution >= 4 is 77.4 Å². The fourth-order valence-electron chi connectivity index (χ4n) is 3.41. The van der Waals surface area contributed by atoms with E-state index < -0.39 is 112 Å². The molecule has 2 saturated heterocycles. The van der Waals surface area contributed by atoms with Crippen molar-refractivity contribution in [1.82, 2.24) is 0 Å². The Bertz CT molecular complexity index is 1160. The van der Waals surface area contributed by atoms with E-state index in [0.717, 1.165) is 0 Å². The number of carboxylic acid groups (broad SMARTS) is 2. The summed E-state index contributed by atoms with van der Waals surface area (Å²) in [7, 11) is -10.4. The number of carboxylic acids is 2. The summed E-state index contributed by atoms with van der Waals surface area (Å²) >= 11 is 0. The molecule has 0 aliphatic carbocycles. The zero-order valence-corrected chi connectivity index (χ0v) is 26.7. The Hall–Kier alpha value is -0.0200. The second-order valence-electron chi connectivity index (χ2n) is 7.55. The zero-order valence-electron chi connectivity index (χ0n) is 19.4. The van der Waals surface area contributed by atoms with Gasteiger partial charge in [-0.1, -0.05) is 0 Å². The molecule has 0 bridgehead atoms. The number of nitrogens with zero attached hydrogens (tertiary/aromatic N) is 2. The van der Waals surface area contributed by atoms with Gasteiger partial charge in [-0.15, -0.1) is 0 Å². The summed E-state index contributed by atoms with van der Waals surface area (Å²) < 4.78 is 58.9. The molecule has 2 aliphatic heterocycles. The molecule has 18 nitrogen and oxygen atoms in total. The maximum atomic E-state index is 12.5. The van der Waals surface area contributed by atoms with Gasteiger partial charge in [0.25, 0.3) is 20.2 Å². The smallest absolute Gasteiger partial charge is 0.481 e. The van der Waals surface area contributed by atoms with Crippen LogP contribution in [0.1, 0.15) is 25.7 Å². The number of imide groups is 2. The average Bonchev–Trinajstić information content (AvgIpc) is 3.10. The minimum Gasteiger partial charge on any atom is -0.481 e. The molecule has 38 heavy (non-hydrogen) atoms. The van der Waals surface area contributed by atoms with Crippen LogP contribution in [0.5, 0.6) is 0 Å². The van der Waals surface area contributed by atoms with Crippen molar-refractivity contribution < 1.29 is 144 Å². The standard InChI is InChI=1S/C14H16N2O16S4.2Na/c17-7-1-5(35(27,28)29)13(23)15(7,25)9(3-11(19)20)33-34-10(4-12(21)22)16(26)8(18)2-6(14(16)24)36(30,31)32;;/h5-6,9-10,25-26H,1-4H2,(H2-2,19,20,21,22,27,28,29,30,31,32);;/q;2*+1/p+2. The number of hydrogen-bond donors (Lipinski definition) is 6. The van der Waals surface area contributed by atoms with E-state index in [-0.39, 0.29) is 80.7 Å². The van der Waals surface area contributed by atoms with Crippen molar-refractivity contribution in [2.75, 3.05) is 0 Å². The van der Waals surface area contributed by atoms with E-state index in [0.29, 0.717) is 0 Å². The number of rotatable bonds is 11. The van der Waals surface area contributed by atoms with Gasteiger partial charge in [0, 0.05) is 0 Å². The molecular formula is C14H18N2Na2O16S4+4. The van der Waals surface area contributed by atoms with Gasteiger partial charge in [-0.25, -0.2) is 29.6 Å². The number of quaternary nitrogens is 2. The molecule has 4 amide bonds. The van der Waals surface area contributed by atoms with Crippen LogP contribution in [-0.4, -0.2) is 113 Å². The first kappa shape index (κ1) is 38.0. The van der Waals surface area contributed by atoms with Crippen LogP contribution in [0.15, 0.2) is 0 Å². The molecule has 2 heterocycles. The summed E-state index contributed by atoms with van der Waals surface area (Å²) in [5.74, 6) is -10.3. The summed E-state index contributed by atoms with van der Waals surface area (Å²) in [5.41, 5.74) is 0. The van der Waals surface area contributed by atoms with E-state index in [1.807, 2.05) is 0 Å². The molecule has 2 rings (SSSR count). The molecule has 0 spiro atoms. The molecule has 0 aromatic rings. The van der Waals surface area contributed by atoms with Gasteiger partial charge in [0.2, 0.25) is 21.2 Å². The normalized spacial score (nSPS) is 29.4. The molecule has 202 valence electrons. The Balaban J connectivity index is 0.00000684. The van der Waals surface area contributed by atoms with Crippen LogP contribution in [0.25, 0.3) is 0 Å². The van der Waals surface area contributed by atoms with Crippen LogP contribution >= 0.6 is 21.6 Å². The van der Waals surface area contributed by atoms with Gasteiger partial charge in [-0.2, -0.15) is 16.8 Å². The van der Waals surface area contributed by atoms with Gasteiger partial charge in [-0.3, -0.25) is 18.7 Å². The SMILES string of the molecule is O=C(O)CC(SSC(CC(=O)O)[N+]1(O)C(=O)CC(S(=O)(=O)O)C1=O)[N+]1(O)C(=O)CC(S(=O)(=O)O)C1=O.[Na+].[Na+].